The fourth-order valence-electron chi connectivity index (χ4n) is 2.15. The number of likely N-dealkylation sites (tertiary alicyclic amines) is 1. The minimum Gasteiger partial charge on any atom is -0.480 e. The molecule has 0 aromatic heterocycles. The average molecular weight is 221 g/mol. The van der Waals surface area contributed by atoms with Crippen LogP contribution < -0.4 is 0 Å². The Morgan fingerprint density at radius 2 is 2.06 bits per heavy atom. The predicted molar refractivity (Wildman–Crippen MR) is 59.0 cm³/mol. The van der Waals surface area contributed by atoms with Gasteiger partial charge in [-0.25, -0.2) is 0 Å². The SMILES string of the molecule is O=C(O)C(c1ccccc1)N1CCC(O)C1. The number of carboxylic acids is 1. The predicted octanol–water partition coefficient (Wildman–Crippen LogP) is 0.879. The van der Waals surface area contributed by atoms with Crippen LogP contribution in [0.25, 0.3) is 0 Å². The number of benzene rings is 1. The molecule has 0 spiro atoms. The van der Waals surface area contributed by atoms with Crippen molar-refractivity contribution < 1.29 is 15.0 Å². The second kappa shape index (κ2) is 4.63. The second-order valence-electron chi connectivity index (χ2n) is 4.09. The molecule has 4 heteroatoms. The Labute approximate surface area is 94.1 Å². The number of aliphatic hydroxyl groups excluding tert-OH is 1. The zero-order valence-corrected chi connectivity index (χ0v) is 8.91. The molecule has 0 aliphatic carbocycles. The Balaban J connectivity index is 2.21. The summed E-state index contributed by atoms with van der Waals surface area (Å²) in [5.74, 6) is -0.861. The molecule has 1 saturated heterocycles. The highest BCUT2D eigenvalue weighted by molar-refractivity contribution is 5.75. The molecule has 2 atom stereocenters. The molecule has 1 heterocycles. The maximum Gasteiger partial charge on any atom is 0.325 e. The molecular weight excluding hydrogens is 206 g/mol. The van der Waals surface area contributed by atoms with Crippen LogP contribution >= 0.6 is 0 Å². The molecule has 1 aliphatic heterocycles. The summed E-state index contributed by atoms with van der Waals surface area (Å²) in [5.41, 5.74) is 0.768. The molecule has 2 unspecified atom stereocenters. The highest BCUT2D eigenvalue weighted by Crippen LogP contribution is 2.25. The molecule has 4 nitrogen and oxygen atoms in total. The van der Waals surface area contributed by atoms with E-state index in [4.69, 9.17) is 0 Å². The van der Waals surface area contributed by atoms with Gasteiger partial charge in [0.2, 0.25) is 0 Å². The first kappa shape index (κ1) is 11.1. The summed E-state index contributed by atoms with van der Waals surface area (Å²) in [4.78, 5) is 13.1. The number of rotatable bonds is 3. The van der Waals surface area contributed by atoms with Crippen LogP contribution in [0.3, 0.4) is 0 Å². The van der Waals surface area contributed by atoms with Crippen molar-refractivity contribution in [2.75, 3.05) is 13.1 Å². The van der Waals surface area contributed by atoms with E-state index in [9.17, 15) is 15.0 Å². The van der Waals surface area contributed by atoms with Gasteiger partial charge in [-0.15, -0.1) is 0 Å². The molecular formula is C12H15NO3. The maximum atomic E-state index is 11.3. The topological polar surface area (TPSA) is 60.8 Å². The van der Waals surface area contributed by atoms with Gasteiger partial charge in [0.15, 0.2) is 0 Å². The van der Waals surface area contributed by atoms with Crippen LogP contribution in [-0.2, 0) is 4.79 Å². The normalized spacial score (nSPS) is 23.2. The van der Waals surface area contributed by atoms with E-state index in [1.165, 1.54) is 0 Å². The first-order valence-electron chi connectivity index (χ1n) is 5.38. The van der Waals surface area contributed by atoms with Crippen LogP contribution in [0.4, 0.5) is 0 Å². The Kier molecular flexibility index (Phi) is 3.22. The fourth-order valence-corrected chi connectivity index (χ4v) is 2.15. The number of aliphatic carboxylic acids is 1. The van der Waals surface area contributed by atoms with Crippen molar-refractivity contribution in [3.05, 3.63) is 35.9 Å². The molecule has 0 amide bonds. The molecule has 86 valence electrons. The van der Waals surface area contributed by atoms with E-state index in [1.54, 1.807) is 0 Å². The number of carbonyl (C=O) groups is 1. The summed E-state index contributed by atoms with van der Waals surface area (Å²) in [6.07, 6.45) is 0.252. The Morgan fingerprint density at radius 1 is 1.38 bits per heavy atom. The van der Waals surface area contributed by atoms with Crippen LogP contribution in [0, 0.1) is 0 Å². The van der Waals surface area contributed by atoms with Gasteiger partial charge in [0, 0.05) is 13.1 Å². The minimum absolute atomic E-state index is 0.398. The Hall–Kier alpha value is -1.39. The van der Waals surface area contributed by atoms with E-state index in [1.807, 2.05) is 35.2 Å². The molecule has 2 N–H and O–H groups in total. The van der Waals surface area contributed by atoms with E-state index in [0.717, 1.165) is 5.56 Å². The van der Waals surface area contributed by atoms with E-state index in [-0.39, 0.29) is 0 Å². The molecule has 0 radical (unpaired) electrons. The zero-order chi connectivity index (χ0) is 11.5. The van der Waals surface area contributed by atoms with Gasteiger partial charge < -0.3 is 10.2 Å². The summed E-state index contributed by atoms with van der Waals surface area (Å²) in [7, 11) is 0. The number of hydrogen-bond acceptors (Lipinski definition) is 3. The van der Waals surface area contributed by atoms with Gasteiger partial charge in [-0.1, -0.05) is 30.3 Å². The van der Waals surface area contributed by atoms with Gasteiger partial charge in [0.25, 0.3) is 0 Å². The molecule has 1 aromatic carbocycles. The van der Waals surface area contributed by atoms with Gasteiger partial charge in [-0.3, -0.25) is 9.69 Å². The van der Waals surface area contributed by atoms with E-state index < -0.39 is 18.1 Å². The molecule has 1 aromatic rings. The molecule has 0 bridgehead atoms. The average Bonchev–Trinajstić information content (AvgIpc) is 2.66. The Bertz CT molecular complexity index is 366. The molecule has 0 saturated carbocycles. The van der Waals surface area contributed by atoms with Crippen LogP contribution in [0.1, 0.15) is 18.0 Å². The smallest absolute Gasteiger partial charge is 0.325 e. The van der Waals surface area contributed by atoms with Crippen molar-refractivity contribution in [2.24, 2.45) is 0 Å². The highest BCUT2D eigenvalue weighted by Gasteiger charge is 2.32. The lowest BCUT2D eigenvalue weighted by Gasteiger charge is -2.23. The summed E-state index contributed by atoms with van der Waals surface area (Å²) in [5, 5.41) is 18.7. The molecule has 1 fully saturated rings. The number of nitrogens with zero attached hydrogens (tertiary/aromatic N) is 1. The van der Waals surface area contributed by atoms with Gasteiger partial charge >= 0.3 is 5.97 Å². The van der Waals surface area contributed by atoms with Crippen LogP contribution in [0.2, 0.25) is 0 Å². The number of hydrogen-bond donors (Lipinski definition) is 2. The summed E-state index contributed by atoms with van der Waals surface area (Å²) in [6, 6.07) is 8.50. The number of aliphatic hydroxyl groups is 1. The van der Waals surface area contributed by atoms with Crippen molar-refractivity contribution >= 4 is 5.97 Å². The molecule has 16 heavy (non-hydrogen) atoms. The van der Waals surface area contributed by atoms with Crippen LogP contribution in [-0.4, -0.2) is 40.3 Å². The molecule has 2 rings (SSSR count). The van der Waals surface area contributed by atoms with Gasteiger partial charge in [0.05, 0.1) is 6.10 Å². The van der Waals surface area contributed by atoms with Crippen molar-refractivity contribution in [1.29, 1.82) is 0 Å². The number of carboxylic acid groups (broad SMARTS) is 1. The summed E-state index contributed by atoms with van der Waals surface area (Å²) in [6.45, 7) is 1.07. The molecule has 1 aliphatic rings. The van der Waals surface area contributed by atoms with Crippen molar-refractivity contribution in [2.45, 2.75) is 18.6 Å². The van der Waals surface area contributed by atoms with Crippen LogP contribution in [0.5, 0.6) is 0 Å². The third-order valence-corrected chi connectivity index (χ3v) is 2.91. The van der Waals surface area contributed by atoms with E-state index >= 15 is 0 Å². The van der Waals surface area contributed by atoms with Crippen molar-refractivity contribution in [3.63, 3.8) is 0 Å². The summed E-state index contributed by atoms with van der Waals surface area (Å²) < 4.78 is 0. The second-order valence-corrected chi connectivity index (χ2v) is 4.09. The van der Waals surface area contributed by atoms with Crippen molar-refractivity contribution in [1.82, 2.24) is 4.90 Å². The third kappa shape index (κ3) is 2.23. The van der Waals surface area contributed by atoms with Gasteiger partial charge in [-0.2, -0.15) is 0 Å². The monoisotopic (exact) mass is 221 g/mol. The van der Waals surface area contributed by atoms with Crippen molar-refractivity contribution in [3.8, 4) is 0 Å². The lowest BCUT2D eigenvalue weighted by molar-refractivity contribution is -0.143. The fraction of sp³-hybridized carbons (Fsp3) is 0.417. The minimum atomic E-state index is -0.861. The highest BCUT2D eigenvalue weighted by atomic mass is 16.4. The maximum absolute atomic E-state index is 11.3. The first-order chi connectivity index (χ1) is 7.68. The van der Waals surface area contributed by atoms with Gasteiger partial charge in [-0.05, 0) is 12.0 Å². The van der Waals surface area contributed by atoms with Crippen LogP contribution in [0.15, 0.2) is 30.3 Å². The zero-order valence-electron chi connectivity index (χ0n) is 8.91. The lowest BCUT2D eigenvalue weighted by Crippen LogP contribution is -2.33. The standard InChI is InChI=1S/C12H15NO3/c14-10-6-7-13(8-10)11(12(15)16)9-4-2-1-3-5-9/h1-5,10-11,14H,6-8H2,(H,15,16). The first-order valence-corrected chi connectivity index (χ1v) is 5.38. The Morgan fingerprint density at radius 3 is 2.56 bits per heavy atom. The summed E-state index contributed by atoms with van der Waals surface area (Å²) >= 11 is 0. The quantitative estimate of drug-likeness (QED) is 0.795. The van der Waals surface area contributed by atoms with Gasteiger partial charge in [0.1, 0.15) is 6.04 Å². The largest absolute Gasteiger partial charge is 0.480 e. The third-order valence-electron chi connectivity index (χ3n) is 2.91. The number of β-amino-alcohol motifs (C(OH)–C–C–N with tert-alkyl or cyclic N) is 1. The van der Waals surface area contributed by atoms with E-state index in [2.05, 4.69) is 0 Å². The van der Waals surface area contributed by atoms with E-state index in [0.29, 0.717) is 19.5 Å². The lowest BCUT2D eigenvalue weighted by atomic mass is 10.1.